The van der Waals surface area contributed by atoms with Crippen molar-refractivity contribution in [3.8, 4) is 0 Å². The van der Waals surface area contributed by atoms with E-state index in [-0.39, 0.29) is 0 Å². The summed E-state index contributed by atoms with van der Waals surface area (Å²) in [6, 6.07) is 0. The zero-order chi connectivity index (χ0) is 10.0. The quantitative estimate of drug-likeness (QED) is 0.594. The predicted molar refractivity (Wildman–Crippen MR) is 44.2 cm³/mol. The number of aliphatic hydroxyl groups excluding tert-OH is 2. The van der Waals surface area contributed by atoms with Crippen molar-refractivity contribution in [3.63, 3.8) is 0 Å². The minimum absolute atomic E-state index is 0.404. The molecule has 1 rings (SSSR count). The summed E-state index contributed by atoms with van der Waals surface area (Å²) in [5.41, 5.74) is 0. The Labute approximate surface area is 77.2 Å². The molecule has 5 nitrogen and oxygen atoms in total. The number of hydrogen-bond acceptors (Lipinski definition) is 5. The standard InChI is InChI=1S/C8H16O5/c1-4-5(9)7(11-2)6(10)8(12-3)13-4/h4-10H,1-3H3/t4-,5-,6-,7-,8+/m1/s1. The van der Waals surface area contributed by atoms with Crippen molar-refractivity contribution in [1.29, 1.82) is 0 Å². The number of aliphatic hydroxyl groups is 2. The third-order valence-electron chi connectivity index (χ3n) is 2.29. The van der Waals surface area contributed by atoms with Crippen LogP contribution in [-0.2, 0) is 14.2 Å². The van der Waals surface area contributed by atoms with Gasteiger partial charge < -0.3 is 24.4 Å². The van der Waals surface area contributed by atoms with E-state index in [4.69, 9.17) is 14.2 Å². The third-order valence-corrected chi connectivity index (χ3v) is 2.29. The van der Waals surface area contributed by atoms with Crippen LogP contribution in [0.3, 0.4) is 0 Å². The lowest BCUT2D eigenvalue weighted by Gasteiger charge is -2.40. The highest BCUT2D eigenvalue weighted by Crippen LogP contribution is 2.22. The van der Waals surface area contributed by atoms with Gasteiger partial charge in [-0.15, -0.1) is 0 Å². The average Bonchev–Trinajstić information content (AvgIpc) is 2.12. The van der Waals surface area contributed by atoms with Crippen LogP contribution >= 0.6 is 0 Å². The maximum Gasteiger partial charge on any atom is 0.186 e. The van der Waals surface area contributed by atoms with E-state index >= 15 is 0 Å². The Morgan fingerprint density at radius 3 is 2.15 bits per heavy atom. The molecule has 78 valence electrons. The zero-order valence-electron chi connectivity index (χ0n) is 8.01. The molecule has 0 aromatic rings. The molecule has 0 spiro atoms. The summed E-state index contributed by atoms with van der Waals surface area (Å²) in [7, 11) is 2.87. The Morgan fingerprint density at radius 1 is 1.08 bits per heavy atom. The van der Waals surface area contributed by atoms with E-state index in [1.165, 1.54) is 14.2 Å². The molecule has 0 unspecified atom stereocenters. The fourth-order valence-corrected chi connectivity index (χ4v) is 1.47. The van der Waals surface area contributed by atoms with Gasteiger partial charge in [-0.25, -0.2) is 0 Å². The molecule has 0 aromatic heterocycles. The molecule has 0 saturated carbocycles. The van der Waals surface area contributed by atoms with E-state index < -0.39 is 30.7 Å². The number of hydrogen-bond donors (Lipinski definition) is 2. The van der Waals surface area contributed by atoms with E-state index in [0.29, 0.717) is 0 Å². The fraction of sp³-hybridized carbons (Fsp3) is 1.00. The van der Waals surface area contributed by atoms with Gasteiger partial charge in [0.1, 0.15) is 18.3 Å². The molecule has 1 aliphatic rings. The molecular formula is C8H16O5. The van der Waals surface area contributed by atoms with Crippen LogP contribution in [0, 0.1) is 0 Å². The smallest absolute Gasteiger partial charge is 0.186 e. The summed E-state index contributed by atoms with van der Waals surface area (Å²) in [6.07, 6.45) is -3.58. The largest absolute Gasteiger partial charge is 0.388 e. The highest BCUT2D eigenvalue weighted by molar-refractivity contribution is 4.88. The second-order valence-electron chi connectivity index (χ2n) is 3.13. The van der Waals surface area contributed by atoms with Gasteiger partial charge in [-0.1, -0.05) is 0 Å². The minimum atomic E-state index is -0.957. The van der Waals surface area contributed by atoms with Gasteiger partial charge >= 0.3 is 0 Å². The van der Waals surface area contributed by atoms with Crippen LogP contribution in [0.4, 0.5) is 0 Å². The van der Waals surface area contributed by atoms with Crippen molar-refractivity contribution in [3.05, 3.63) is 0 Å². The molecule has 5 heteroatoms. The molecule has 2 N–H and O–H groups in total. The van der Waals surface area contributed by atoms with Gasteiger partial charge in [0.25, 0.3) is 0 Å². The Kier molecular flexibility index (Phi) is 3.63. The maximum atomic E-state index is 9.58. The van der Waals surface area contributed by atoms with Crippen molar-refractivity contribution in [1.82, 2.24) is 0 Å². The van der Waals surface area contributed by atoms with Crippen molar-refractivity contribution in [2.24, 2.45) is 0 Å². The number of methoxy groups -OCH3 is 2. The van der Waals surface area contributed by atoms with Crippen LogP contribution in [0.5, 0.6) is 0 Å². The second kappa shape index (κ2) is 4.34. The molecule has 13 heavy (non-hydrogen) atoms. The van der Waals surface area contributed by atoms with E-state index in [0.717, 1.165) is 0 Å². The Morgan fingerprint density at radius 2 is 1.69 bits per heavy atom. The van der Waals surface area contributed by atoms with Crippen LogP contribution in [0.25, 0.3) is 0 Å². The van der Waals surface area contributed by atoms with Crippen LogP contribution in [-0.4, -0.2) is 55.1 Å². The highest BCUT2D eigenvalue weighted by Gasteiger charge is 2.43. The molecule has 1 fully saturated rings. The van der Waals surface area contributed by atoms with Crippen LogP contribution in [0.1, 0.15) is 6.92 Å². The molecule has 1 heterocycles. The highest BCUT2D eigenvalue weighted by atomic mass is 16.7. The minimum Gasteiger partial charge on any atom is -0.388 e. The second-order valence-corrected chi connectivity index (χ2v) is 3.13. The number of ether oxygens (including phenoxy) is 3. The van der Waals surface area contributed by atoms with E-state index in [9.17, 15) is 10.2 Å². The van der Waals surface area contributed by atoms with Crippen molar-refractivity contribution >= 4 is 0 Å². The summed E-state index contributed by atoms with van der Waals surface area (Å²) in [5.74, 6) is 0. The van der Waals surface area contributed by atoms with Gasteiger partial charge in [-0.05, 0) is 6.92 Å². The predicted octanol–water partition coefficient (Wildman–Crippen LogP) is -0.886. The summed E-state index contributed by atoms with van der Waals surface area (Å²) >= 11 is 0. The molecular weight excluding hydrogens is 176 g/mol. The summed E-state index contributed by atoms with van der Waals surface area (Å²) in [4.78, 5) is 0. The average molecular weight is 192 g/mol. The van der Waals surface area contributed by atoms with Crippen molar-refractivity contribution in [2.45, 2.75) is 37.6 Å². The van der Waals surface area contributed by atoms with Gasteiger partial charge in [0.05, 0.1) is 6.10 Å². The first-order valence-corrected chi connectivity index (χ1v) is 4.19. The van der Waals surface area contributed by atoms with Crippen LogP contribution in [0.2, 0.25) is 0 Å². The molecule has 0 bridgehead atoms. The maximum absolute atomic E-state index is 9.58. The Balaban J connectivity index is 2.69. The molecule has 0 radical (unpaired) electrons. The molecule has 0 amide bonds. The summed E-state index contributed by atoms with van der Waals surface area (Å²) in [5, 5.41) is 19.1. The Bertz CT molecular complexity index is 163. The molecule has 1 aliphatic heterocycles. The monoisotopic (exact) mass is 192 g/mol. The first-order valence-electron chi connectivity index (χ1n) is 4.19. The fourth-order valence-electron chi connectivity index (χ4n) is 1.47. The van der Waals surface area contributed by atoms with E-state index in [1.54, 1.807) is 6.92 Å². The van der Waals surface area contributed by atoms with Gasteiger partial charge in [-0.3, -0.25) is 0 Å². The number of rotatable bonds is 2. The van der Waals surface area contributed by atoms with Crippen LogP contribution in [0.15, 0.2) is 0 Å². The molecule has 1 saturated heterocycles. The van der Waals surface area contributed by atoms with E-state index in [1.807, 2.05) is 0 Å². The lowest BCUT2D eigenvalue weighted by atomic mass is 10.00. The Hall–Kier alpha value is -0.200. The van der Waals surface area contributed by atoms with Gasteiger partial charge in [0.15, 0.2) is 6.29 Å². The lowest BCUT2D eigenvalue weighted by Crippen LogP contribution is -2.57. The van der Waals surface area contributed by atoms with Gasteiger partial charge in [0.2, 0.25) is 0 Å². The molecule has 5 atom stereocenters. The topological polar surface area (TPSA) is 68.2 Å². The van der Waals surface area contributed by atoms with E-state index in [2.05, 4.69) is 0 Å². The van der Waals surface area contributed by atoms with Crippen LogP contribution < -0.4 is 0 Å². The first kappa shape index (κ1) is 10.9. The summed E-state index contributed by atoms with van der Waals surface area (Å²) in [6.45, 7) is 1.70. The van der Waals surface area contributed by atoms with Gasteiger partial charge in [0, 0.05) is 14.2 Å². The van der Waals surface area contributed by atoms with Crippen molar-refractivity contribution < 1.29 is 24.4 Å². The lowest BCUT2D eigenvalue weighted by molar-refractivity contribution is -0.290. The third kappa shape index (κ3) is 2.00. The first-order chi connectivity index (χ1) is 6.11. The molecule has 0 aliphatic carbocycles. The SMILES string of the molecule is CO[C@H]1O[C@H](C)[C@@H](O)[C@@H](OC)[C@H]1O. The normalized spacial score (nSPS) is 46.4. The summed E-state index contributed by atoms with van der Waals surface area (Å²) < 4.78 is 15.0. The van der Waals surface area contributed by atoms with Gasteiger partial charge in [-0.2, -0.15) is 0 Å². The zero-order valence-corrected chi connectivity index (χ0v) is 8.01. The van der Waals surface area contributed by atoms with Crippen molar-refractivity contribution in [2.75, 3.05) is 14.2 Å². The molecule has 0 aromatic carbocycles.